The molecule has 3 aromatic rings. The monoisotopic (exact) mass is 457 g/mol. The number of hydrogen-bond acceptors (Lipinski definition) is 7. The summed E-state index contributed by atoms with van der Waals surface area (Å²) in [5.74, 6) is -2.06. The Kier molecular flexibility index (Phi) is 7.06. The summed E-state index contributed by atoms with van der Waals surface area (Å²) in [6, 6.07) is 13.7. The summed E-state index contributed by atoms with van der Waals surface area (Å²) in [4.78, 5) is 35.8. The number of carbonyl (C=O) groups excluding carboxylic acids is 2. The second kappa shape index (κ2) is 9.75. The van der Waals surface area contributed by atoms with E-state index in [0.29, 0.717) is 17.4 Å². The van der Waals surface area contributed by atoms with Crippen LogP contribution in [0.25, 0.3) is 5.52 Å². The largest absolute Gasteiger partial charge is 0.772 e. The number of fused-ring (bicyclic) bond motifs is 1. The number of carboxylic acids is 1. The van der Waals surface area contributed by atoms with Gasteiger partial charge in [-0.3, -0.25) is 13.8 Å². The highest BCUT2D eigenvalue weighted by atomic mass is 32.2. The third-order valence-electron chi connectivity index (χ3n) is 5.07. The van der Waals surface area contributed by atoms with Crippen LogP contribution in [-0.2, 0) is 31.8 Å². The molecule has 3 rings (SSSR count). The lowest BCUT2D eigenvalue weighted by Crippen LogP contribution is -2.56. The van der Waals surface area contributed by atoms with Crippen molar-refractivity contribution in [1.82, 2.24) is 4.40 Å². The van der Waals surface area contributed by atoms with Crippen molar-refractivity contribution in [2.24, 2.45) is 0 Å². The highest BCUT2D eigenvalue weighted by Gasteiger charge is 2.43. The van der Waals surface area contributed by atoms with E-state index in [2.05, 4.69) is 5.32 Å². The Morgan fingerprint density at radius 2 is 1.94 bits per heavy atom. The number of anilines is 1. The molecule has 0 aliphatic heterocycles. The highest BCUT2D eigenvalue weighted by Crippen LogP contribution is 2.27. The summed E-state index contributed by atoms with van der Waals surface area (Å²) < 4.78 is 28.9. The molecule has 0 saturated heterocycles. The summed E-state index contributed by atoms with van der Waals surface area (Å²) in [5.41, 5.74) is 1.44. The summed E-state index contributed by atoms with van der Waals surface area (Å²) in [7, 11) is 0. The van der Waals surface area contributed by atoms with Crippen LogP contribution in [0, 0.1) is 0 Å². The van der Waals surface area contributed by atoms with E-state index in [4.69, 9.17) is 4.74 Å². The molecular weight excluding hydrogens is 436 g/mol. The predicted octanol–water partition coefficient (Wildman–Crippen LogP) is 2.04. The number of rotatable bonds is 10. The number of nitrogens with one attached hydrogen (secondary N) is 1. The van der Waals surface area contributed by atoms with E-state index < -0.39 is 40.4 Å². The first-order chi connectivity index (χ1) is 15.3. The molecule has 1 aromatic carbocycles. The van der Waals surface area contributed by atoms with Gasteiger partial charge in [0.2, 0.25) is 0 Å². The Morgan fingerprint density at radius 1 is 1.25 bits per heavy atom. The SMILES string of the molecule is C[C@](COC(=O)Cc1ccccc1)([C@@H](Nc1c(C=O)cc2ccccn12)C(=O)O)S(=O)[O-]. The van der Waals surface area contributed by atoms with Crippen LogP contribution in [0.3, 0.4) is 0 Å². The zero-order valence-electron chi connectivity index (χ0n) is 17.1. The lowest BCUT2D eigenvalue weighted by molar-refractivity contribution is -0.146. The normalized spacial score (nSPS) is 14.8. The summed E-state index contributed by atoms with van der Waals surface area (Å²) in [6.45, 7) is 0.465. The Morgan fingerprint density at radius 3 is 2.56 bits per heavy atom. The Labute approximate surface area is 186 Å². The maximum atomic E-state index is 12.2. The van der Waals surface area contributed by atoms with Crippen molar-refractivity contribution in [3.8, 4) is 0 Å². The Bertz CT molecular complexity index is 1160. The highest BCUT2D eigenvalue weighted by molar-refractivity contribution is 7.80. The molecule has 0 bridgehead atoms. The van der Waals surface area contributed by atoms with Gasteiger partial charge in [0.05, 0.1) is 16.7 Å². The number of carboxylic acid groups (broad SMARTS) is 1. The number of nitrogens with zero attached hydrogens (tertiary/aromatic N) is 1. The fourth-order valence-corrected chi connectivity index (χ4v) is 3.77. The second-order valence-electron chi connectivity index (χ2n) is 7.35. The van der Waals surface area contributed by atoms with Crippen LogP contribution in [0.2, 0.25) is 0 Å². The van der Waals surface area contributed by atoms with Crippen LogP contribution >= 0.6 is 0 Å². The molecule has 2 N–H and O–H groups in total. The van der Waals surface area contributed by atoms with Gasteiger partial charge < -0.3 is 24.1 Å². The molecule has 1 unspecified atom stereocenters. The summed E-state index contributed by atoms with van der Waals surface area (Å²) in [6.07, 6.45) is 2.06. The van der Waals surface area contributed by atoms with E-state index in [9.17, 15) is 28.3 Å². The maximum Gasteiger partial charge on any atom is 0.327 e. The van der Waals surface area contributed by atoms with Gasteiger partial charge in [0.1, 0.15) is 18.5 Å². The minimum Gasteiger partial charge on any atom is -0.772 e. The molecule has 0 saturated carbocycles. The smallest absolute Gasteiger partial charge is 0.327 e. The fraction of sp³-hybridized carbons (Fsp3) is 0.227. The zero-order valence-corrected chi connectivity index (χ0v) is 17.9. The minimum absolute atomic E-state index is 0.0911. The van der Waals surface area contributed by atoms with Gasteiger partial charge >= 0.3 is 11.9 Å². The molecule has 10 heteroatoms. The number of pyridine rings is 1. The van der Waals surface area contributed by atoms with Crippen molar-refractivity contribution in [3.63, 3.8) is 0 Å². The van der Waals surface area contributed by atoms with Crippen molar-refractivity contribution in [1.29, 1.82) is 0 Å². The van der Waals surface area contributed by atoms with Gasteiger partial charge in [0.25, 0.3) is 0 Å². The molecule has 2 heterocycles. The maximum absolute atomic E-state index is 12.2. The van der Waals surface area contributed by atoms with Crippen LogP contribution in [-0.4, -0.2) is 53.9 Å². The second-order valence-corrected chi connectivity index (χ2v) is 8.75. The molecule has 9 nitrogen and oxygen atoms in total. The topological polar surface area (TPSA) is 137 Å². The molecule has 0 amide bonds. The van der Waals surface area contributed by atoms with Gasteiger partial charge in [-0.15, -0.1) is 0 Å². The van der Waals surface area contributed by atoms with E-state index in [0.717, 1.165) is 6.92 Å². The first kappa shape index (κ1) is 23.2. The lowest BCUT2D eigenvalue weighted by Gasteiger charge is -2.37. The van der Waals surface area contributed by atoms with Crippen molar-refractivity contribution < 1.29 is 33.0 Å². The quantitative estimate of drug-likeness (QED) is 0.268. The van der Waals surface area contributed by atoms with E-state index in [1.165, 1.54) is 4.40 Å². The van der Waals surface area contributed by atoms with Gasteiger partial charge in [-0.05, 0) is 41.8 Å². The van der Waals surface area contributed by atoms with Crippen LogP contribution in [0.1, 0.15) is 22.8 Å². The number of aliphatic carboxylic acids is 1. The summed E-state index contributed by atoms with van der Waals surface area (Å²) >= 11 is -2.95. The van der Waals surface area contributed by atoms with E-state index in [1.54, 1.807) is 60.8 Å². The first-order valence-corrected chi connectivity index (χ1v) is 10.7. The zero-order chi connectivity index (χ0) is 23.3. The number of esters is 1. The molecule has 0 radical (unpaired) electrons. The van der Waals surface area contributed by atoms with Crippen LogP contribution < -0.4 is 5.32 Å². The number of ether oxygens (including phenoxy) is 1. The van der Waals surface area contributed by atoms with Crippen LogP contribution in [0.15, 0.2) is 60.8 Å². The molecule has 0 fully saturated rings. The lowest BCUT2D eigenvalue weighted by atomic mass is 10.0. The first-order valence-electron chi connectivity index (χ1n) is 9.60. The Hall–Kier alpha value is -3.50. The number of benzene rings is 1. The molecule has 0 spiro atoms. The standard InChI is InChI=1S/C22H22N2O7S/c1-22(32(29)30,14-31-18(26)11-15-7-3-2-4-8-15)19(21(27)28)23-20-16(13-25)12-17-9-5-6-10-24(17)20/h2-10,12-13,19,23H,11,14H2,1H3,(H,27,28)(H,29,30)/p-1/t19-,22-/m0/s1. The molecule has 32 heavy (non-hydrogen) atoms. The Balaban J connectivity index is 1.86. The molecule has 168 valence electrons. The summed E-state index contributed by atoms with van der Waals surface area (Å²) in [5, 5.41) is 12.5. The van der Waals surface area contributed by atoms with Crippen molar-refractivity contribution in [2.45, 2.75) is 24.1 Å². The van der Waals surface area contributed by atoms with Crippen LogP contribution in [0.4, 0.5) is 5.82 Å². The van der Waals surface area contributed by atoms with Gasteiger partial charge in [-0.2, -0.15) is 0 Å². The molecule has 0 aliphatic rings. The average Bonchev–Trinajstić information content (AvgIpc) is 3.13. The van der Waals surface area contributed by atoms with Gasteiger partial charge in [0, 0.05) is 11.7 Å². The number of hydrogen-bond donors (Lipinski definition) is 2. The van der Waals surface area contributed by atoms with Gasteiger partial charge in [0.15, 0.2) is 6.29 Å². The number of aldehydes is 1. The minimum atomic E-state index is -2.95. The van der Waals surface area contributed by atoms with Crippen molar-refractivity contribution in [3.05, 3.63) is 71.9 Å². The van der Waals surface area contributed by atoms with Gasteiger partial charge in [-0.25, -0.2) is 4.79 Å². The fourth-order valence-electron chi connectivity index (χ4n) is 3.26. The van der Waals surface area contributed by atoms with Crippen molar-refractivity contribution in [2.75, 3.05) is 11.9 Å². The number of aromatic nitrogens is 1. The molecular formula is C22H21N2O7S-. The van der Waals surface area contributed by atoms with E-state index in [1.807, 2.05) is 0 Å². The van der Waals surface area contributed by atoms with Gasteiger partial charge in [-0.1, -0.05) is 36.4 Å². The molecule has 0 aliphatic carbocycles. The van der Waals surface area contributed by atoms with Crippen LogP contribution in [0.5, 0.6) is 0 Å². The average molecular weight is 457 g/mol. The van der Waals surface area contributed by atoms with E-state index in [-0.39, 0.29) is 17.8 Å². The third-order valence-corrected chi connectivity index (χ3v) is 6.18. The van der Waals surface area contributed by atoms with Crippen molar-refractivity contribution >= 4 is 40.6 Å². The molecule has 2 aromatic heterocycles. The van der Waals surface area contributed by atoms with E-state index >= 15 is 0 Å². The third kappa shape index (κ3) is 4.87. The number of carbonyl (C=O) groups is 3. The predicted molar refractivity (Wildman–Crippen MR) is 116 cm³/mol. The molecule has 3 atom stereocenters.